The first-order chi connectivity index (χ1) is 15.9. The van der Waals surface area contributed by atoms with Gasteiger partial charge in [-0.25, -0.2) is 8.42 Å². The zero-order valence-corrected chi connectivity index (χ0v) is 20.1. The number of carbonyl (C=O) groups excluding carboxylic acids is 1. The second kappa shape index (κ2) is 10.1. The van der Waals surface area contributed by atoms with Crippen molar-refractivity contribution < 1.29 is 17.9 Å². The van der Waals surface area contributed by atoms with E-state index in [4.69, 9.17) is 4.74 Å². The molecule has 1 atom stereocenters. The number of benzene rings is 2. The number of nitrogens with one attached hydrogen (secondary N) is 1. The average Bonchev–Trinajstić information content (AvgIpc) is 2.85. The summed E-state index contributed by atoms with van der Waals surface area (Å²) in [4.78, 5) is 17.8. The van der Waals surface area contributed by atoms with Gasteiger partial charge < -0.3 is 19.9 Å². The summed E-state index contributed by atoms with van der Waals surface area (Å²) in [6, 6.07) is 14.2. The molecule has 4 rings (SSSR count). The molecule has 2 saturated heterocycles. The summed E-state index contributed by atoms with van der Waals surface area (Å²) in [5, 5.41) is 2.97. The van der Waals surface area contributed by atoms with Crippen LogP contribution in [0.15, 0.2) is 53.4 Å². The Kier molecular flexibility index (Phi) is 7.21. The molecule has 8 nitrogen and oxygen atoms in total. The minimum atomic E-state index is -3.66. The van der Waals surface area contributed by atoms with Crippen LogP contribution in [0.3, 0.4) is 0 Å². The lowest BCUT2D eigenvalue weighted by molar-refractivity contribution is -0.120. The number of ether oxygens (including phenoxy) is 1. The first kappa shape index (κ1) is 23.5. The van der Waals surface area contributed by atoms with Crippen molar-refractivity contribution in [1.29, 1.82) is 0 Å². The molecular weight excluding hydrogens is 440 g/mol. The lowest BCUT2D eigenvalue weighted by Gasteiger charge is -2.34. The normalized spacial score (nSPS) is 20.4. The Morgan fingerprint density at radius 3 is 2.27 bits per heavy atom. The molecule has 2 heterocycles. The number of piperidine rings is 1. The standard InChI is InChI=1S/C24H32N4O4S/c1-26-14-16-27(17-15-26)21-7-5-20(6-8-21)25-24(29)19-4-3-13-28(18-19)33(30,31)23-11-9-22(32-2)10-12-23/h5-12,19H,3-4,13-18H2,1-2H3,(H,25,29). The Balaban J connectivity index is 1.37. The molecule has 33 heavy (non-hydrogen) atoms. The third-order valence-electron chi connectivity index (χ3n) is 6.46. The quantitative estimate of drug-likeness (QED) is 0.696. The molecule has 2 aliphatic rings. The van der Waals surface area contributed by atoms with Gasteiger partial charge in [0.25, 0.3) is 0 Å². The van der Waals surface area contributed by atoms with Crippen LogP contribution in [-0.4, -0.2) is 77.0 Å². The van der Waals surface area contributed by atoms with Crippen molar-refractivity contribution in [3.63, 3.8) is 0 Å². The van der Waals surface area contributed by atoms with Crippen LogP contribution in [-0.2, 0) is 14.8 Å². The molecule has 1 unspecified atom stereocenters. The van der Waals surface area contributed by atoms with Crippen molar-refractivity contribution >= 4 is 27.3 Å². The first-order valence-electron chi connectivity index (χ1n) is 11.4. The number of likely N-dealkylation sites (N-methyl/N-ethyl adjacent to an activating group) is 1. The molecule has 0 radical (unpaired) electrons. The number of nitrogens with zero attached hydrogens (tertiary/aromatic N) is 3. The minimum Gasteiger partial charge on any atom is -0.497 e. The molecule has 1 amide bonds. The molecule has 2 aromatic carbocycles. The number of piperazine rings is 1. The van der Waals surface area contributed by atoms with Gasteiger partial charge in [-0.2, -0.15) is 4.31 Å². The Labute approximate surface area is 196 Å². The summed E-state index contributed by atoms with van der Waals surface area (Å²) in [6.45, 7) is 4.65. The highest BCUT2D eigenvalue weighted by atomic mass is 32.2. The predicted molar refractivity (Wildman–Crippen MR) is 129 cm³/mol. The van der Waals surface area contributed by atoms with Gasteiger partial charge in [0.2, 0.25) is 15.9 Å². The van der Waals surface area contributed by atoms with Crippen molar-refractivity contribution in [2.75, 3.05) is 63.6 Å². The van der Waals surface area contributed by atoms with E-state index in [1.54, 1.807) is 24.3 Å². The van der Waals surface area contributed by atoms with Crippen LogP contribution in [0.4, 0.5) is 11.4 Å². The average molecular weight is 473 g/mol. The fraction of sp³-hybridized carbons (Fsp3) is 0.458. The number of methoxy groups -OCH3 is 1. The lowest BCUT2D eigenvalue weighted by atomic mass is 9.98. The van der Waals surface area contributed by atoms with Gasteiger partial charge in [-0.15, -0.1) is 0 Å². The molecule has 2 aliphatic heterocycles. The van der Waals surface area contributed by atoms with Gasteiger partial charge in [0.15, 0.2) is 0 Å². The fourth-order valence-electron chi connectivity index (χ4n) is 4.34. The first-order valence-corrected chi connectivity index (χ1v) is 12.8. The van der Waals surface area contributed by atoms with E-state index in [0.717, 1.165) is 37.6 Å². The second-order valence-electron chi connectivity index (χ2n) is 8.70. The third kappa shape index (κ3) is 5.48. The molecule has 2 fully saturated rings. The number of hydrogen-bond donors (Lipinski definition) is 1. The van der Waals surface area contributed by atoms with Crippen molar-refractivity contribution in [2.45, 2.75) is 17.7 Å². The van der Waals surface area contributed by atoms with Crippen molar-refractivity contribution in [1.82, 2.24) is 9.21 Å². The van der Waals surface area contributed by atoms with E-state index in [2.05, 4.69) is 22.2 Å². The second-order valence-corrected chi connectivity index (χ2v) is 10.6. The van der Waals surface area contributed by atoms with E-state index in [0.29, 0.717) is 25.1 Å². The Morgan fingerprint density at radius 2 is 1.64 bits per heavy atom. The molecule has 9 heteroatoms. The highest BCUT2D eigenvalue weighted by Crippen LogP contribution is 2.26. The molecule has 0 bridgehead atoms. The van der Waals surface area contributed by atoms with Gasteiger partial charge in [0, 0.05) is 50.6 Å². The van der Waals surface area contributed by atoms with Crippen molar-refractivity contribution in [3.8, 4) is 5.75 Å². The van der Waals surface area contributed by atoms with Crippen LogP contribution in [0, 0.1) is 5.92 Å². The number of hydrogen-bond acceptors (Lipinski definition) is 6. The summed E-state index contributed by atoms with van der Waals surface area (Å²) in [5.41, 5.74) is 1.88. The van der Waals surface area contributed by atoms with Crippen LogP contribution < -0.4 is 15.0 Å². The molecule has 0 spiro atoms. The Hall–Kier alpha value is -2.62. The van der Waals surface area contributed by atoms with E-state index in [1.165, 1.54) is 11.4 Å². The number of anilines is 2. The highest BCUT2D eigenvalue weighted by Gasteiger charge is 2.33. The van der Waals surface area contributed by atoms with Gasteiger partial charge in [0.05, 0.1) is 17.9 Å². The molecular formula is C24H32N4O4S. The predicted octanol–water partition coefficient (Wildman–Crippen LogP) is 2.49. The minimum absolute atomic E-state index is 0.142. The number of sulfonamides is 1. The van der Waals surface area contributed by atoms with E-state index in [-0.39, 0.29) is 23.3 Å². The number of amides is 1. The third-order valence-corrected chi connectivity index (χ3v) is 8.33. The summed E-state index contributed by atoms with van der Waals surface area (Å²) in [5.74, 6) is 0.0737. The molecule has 0 aliphatic carbocycles. The van der Waals surface area contributed by atoms with Gasteiger partial charge in [-0.3, -0.25) is 4.79 Å². The zero-order chi connectivity index (χ0) is 23.4. The molecule has 0 aromatic heterocycles. The number of carbonyl (C=O) groups is 1. The molecule has 178 valence electrons. The van der Waals surface area contributed by atoms with Gasteiger partial charge >= 0.3 is 0 Å². The van der Waals surface area contributed by atoms with Crippen LogP contribution >= 0.6 is 0 Å². The topological polar surface area (TPSA) is 82.2 Å². The van der Waals surface area contributed by atoms with E-state index >= 15 is 0 Å². The van der Waals surface area contributed by atoms with Crippen LogP contribution in [0.1, 0.15) is 12.8 Å². The summed E-state index contributed by atoms with van der Waals surface area (Å²) < 4.78 is 32.7. The maximum Gasteiger partial charge on any atom is 0.243 e. The SMILES string of the molecule is COc1ccc(S(=O)(=O)N2CCCC(C(=O)Nc3ccc(N4CCN(C)CC4)cc3)C2)cc1. The van der Waals surface area contributed by atoms with Gasteiger partial charge in [0.1, 0.15) is 5.75 Å². The van der Waals surface area contributed by atoms with Crippen molar-refractivity contribution in [2.24, 2.45) is 5.92 Å². The molecule has 0 saturated carbocycles. The maximum absolute atomic E-state index is 13.1. The van der Waals surface area contributed by atoms with Crippen molar-refractivity contribution in [3.05, 3.63) is 48.5 Å². The van der Waals surface area contributed by atoms with E-state index < -0.39 is 10.0 Å². The van der Waals surface area contributed by atoms with Gasteiger partial charge in [-0.05, 0) is 68.4 Å². The summed E-state index contributed by atoms with van der Waals surface area (Å²) in [6.07, 6.45) is 1.32. The van der Waals surface area contributed by atoms with E-state index in [9.17, 15) is 13.2 Å². The van der Waals surface area contributed by atoms with E-state index in [1.807, 2.05) is 24.3 Å². The zero-order valence-electron chi connectivity index (χ0n) is 19.2. The maximum atomic E-state index is 13.1. The van der Waals surface area contributed by atoms with Crippen LogP contribution in [0.2, 0.25) is 0 Å². The smallest absolute Gasteiger partial charge is 0.243 e. The fourth-order valence-corrected chi connectivity index (χ4v) is 5.86. The monoisotopic (exact) mass is 472 g/mol. The lowest BCUT2D eigenvalue weighted by Crippen LogP contribution is -2.44. The summed E-state index contributed by atoms with van der Waals surface area (Å²) in [7, 11) is 0.00906. The molecule has 2 aromatic rings. The number of rotatable bonds is 6. The highest BCUT2D eigenvalue weighted by molar-refractivity contribution is 7.89. The Morgan fingerprint density at radius 1 is 0.970 bits per heavy atom. The summed E-state index contributed by atoms with van der Waals surface area (Å²) >= 11 is 0. The van der Waals surface area contributed by atoms with Crippen LogP contribution in [0.25, 0.3) is 0 Å². The van der Waals surface area contributed by atoms with Gasteiger partial charge in [-0.1, -0.05) is 0 Å². The molecule has 1 N–H and O–H groups in total. The Bertz CT molecular complexity index is 1050. The van der Waals surface area contributed by atoms with Crippen LogP contribution in [0.5, 0.6) is 5.75 Å². The largest absolute Gasteiger partial charge is 0.497 e.